The van der Waals surface area contributed by atoms with Gasteiger partial charge >= 0.3 is 12.1 Å². The van der Waals surface area contributed by atoms with Gasteiger partial charge in [0.2, 0.25) is 53.2 Å². The van der Waals surface area contributed by atoms with Crippen molar-refractivity contribution in [2.75, 3.05) is 85.7 Å². The number of Topliss-reactive ketones (excluding diaryl/α,β-unsaturated/α-hetero) is 4. The van der Waals surface area contributed by atoms with Gasteiger partial charge in [0, 0.05) is 136 Å². The van der Waals surface area contributed by atoms with Crippen molar-refractivity contribution < 1.29 is 101 Å². The number of phenolic OH excluding ortho intramolecular Hbond substituents is 1. The highest BCUT2D eigenvalue weighted by molar-refractivity contribution is 8.76. The third kappa shape index (κ3) is 38.4. The molecule has 139 heavy (non-hydrogen) atoms. The maximum absolute atomic E-state index is 15.2. The first-order chi connectivity index (χ1) is 65.6. The number of rotatable bonds is 62. The first-order valence-corrected chi connectivity index (χ1v) is 51.8. The molecule has 0 aliphatic carbocycles. The highest BCUT2D eigenvalue weighted by Gasteiger charge is 2.48. The van der Waals surface area contributed by atoms with Gasteiger partial charge in [-0.3, -0.25) is 77.1 Å². The van der Waals surface area contributed by atoms with Gasteiger partial charge in [0.15, 0.2) is 35.1 Å². The van der Waals surface area contributed by atoms with Crippen molar-refractivity contribution >= 4 is 122 Å². The van der Waals surface area contributed by atoms with Gasteiger partial charge in [0.25, 0.3) is 0 Å². The molecule has 3 saturated heterocycles. The Morgan fingerprint density at radius 3 is 1.78 bits per heavy atom. The number of carbonyl (C=O) groups excluding carboxylic acids is 14. The molecule has 3 heterocycles. The fraction of sp³-hybridized carbons (Fsp3) is 0.710. The smallest absolute Gasteiger partial charge is 0.410 e. The van der Waals surface area contributed by atoms with Gasteiger partial charge in [-0.2, -0.15) is 0 Å². The van der Waals surface area contributed by atoms with Crippen molar-refractivity contribution in [3.8, 4) is 5.75 Å². The Labute approximate surface area is 829 Å². The normalized spacial score (nSPS) is 18.2. The number of aromatic hydroxyl groups is 1. The summed E-state index contributed by atoms with van der Waals surface area (Å²) >= 11 is 0. The van der Waals surface area contributed by atoms with Crippen LogP contribution < -0.4 is 49.5 Å². The van der Waals surface area contributed by atoms with E-state index in [9.17, 15) is 82.4 Å². The van der Waals surface area contributed by atoms with Gasteiger partial charge < -0.3 is 104 Å². The van der Waals surface area contributed by atoms with Crippen LogP contribution in [0.15, 0.2) is 64.6 Å². The standard InChI is InChI=1S/C100H162N16O21S2/c1-19-62(8)86(82(135-17)58-84(124)114-46-28-36-76(114)88(136-18)63(9)90(126)108-64(10)87(125)67-30-21-20-22-31-67)112(15)94(130)72(60(4)5)57-80(121)85(61(6)7)113(16)99(134)137-49-51-139-138-50-42-83(123)105-43-24-23-33-74(109-65(11)117)95(131)116-48-29-37-77(116)92(128)110-73(34-26-45-107-98(103)104)78(119)54-68(32-25-44-106-97(101)102)93(129)115-47-27-35-75(115)79(120)55-69(53-66-38-40-71(118)41-39-66)91(127)111-89(100(12,13)14)81(122)56-70(96(132)133)52-59(2)3/h20-22,30-31,38-41,59-64,68-70,72-77,82,85-89,118,125H,19,23-29,32-37,42-58H2,1-18H3,(H,105,123)(H,108,126)(H,109,117)(H,110,128)(H,111,127)(H,132,133)(H4,101,102,106)(H4,103,104,107)/t62-,63+,64+,68+,69+,70+,72-,73-,74-,75-,76-,77-,82+,85-,86-,87+,88+,89+/m0/s1. The predicted molar refractivity (Wildman–Crippen MR) is 536 cm³/mol. The average Bonchev–Trinajstić information content (AvgIpc) is 1.77. The molecule has 3 fully saturated rings. The summed E-state index contributed by atoms with van der Waals surface area (Å²) in [5.41, 5.74) is 23.0. The molecule has 10 amide bonds. The molecule has 39 heteroatoms. The number of aliphatic hydroxyl groups excluding tert-OH is 1. The average molecular weight is 1990 g/mol. The Balaban J connectivity index is 1.14. The van der Waals surface area contributed by atoms with E-state index in [-0.39, 0.29) is 194 Å². The van der Waals surface area contributed by atoms with Crippen LogP contribution in [-0.2, 0) is 87.8 Å². The number of ketones is 4. The minimum atomic E-state index is -1.25. The van der Waals surface area contributed by atoms with Crippen LogP contribution in [0.25, 0.3) is 0 Å². The van der Waals surface area contributed by atoms with E-state index in [2.05, 4.69) is 36.6 Å². The molecule has 0 radical (unpaired) electrons. The van der Waals surface area contributed by atoms with Crippen LogP contribution in [0, 0.1) is 58.7 Å². The van der Waals surface area contributed by atoms with Gasteiger partial charge in [0.05, 0.1) is 78.9 Å². The first-order valence-electron chi connectivity index (χ1n) is 49.4. The van der Waals surface area contributed by atoms with Gasteiger partial charge in [-0.05, 0) is 156 Å². The number of nitrogens with zero attached hydrogens (tertiary/aromatic N) is 7. The third-order valence-corrected chi connectivity index (χ3v) is 29.1. The number of aliphatic carboxylic acids is 1. The lowest BCUT2D eigenvalue weighted by atomic mass is 9.80. The number of hydrogen-bond acceptors (Lipinski definition) is 24. The number of amides is 10. The van der Waals surface area contributed by atoms with Crippen molar-refractivity contribution in [3.63, 3.8) is 0 Å². The Morgan fingerprint density at radius 1 is 0.612 bits per heavy atom. The molecule has 37 nitrogen and oxygen atoms in total. The highest BCUT2D eigenvalue weighted by Crippen LogP contribution is 2.36. The number of ether oxygens (including phenoxy) is 3. The second kappa shape index (κ2) is 59.7. The zero-order valence-electron chi connectivity index (χ0n) is 85.2. The number of aliphatic hydroxyl groups is 1. The van der Waals surface area contributed by atoms with Crippen LogP contribution in [0.5, 0.6) is 5.75 Å². The summed E-state index contributed by atoms with van der Waals surface area (Å²) in [6, 6.07) is 6.95. The molecule has 0 spiro atoms. The number of phenols is 1. The Hall–Kier alpha value is -9.99. The zero-order valence-corrected chi connectivity index (χ0v) is 86.8. The molecule has 18 atom stereocenters. The number of hydrogen-bond donors (Lipinski definition) is 12. The van der Waals surface area contributed by atoms with E-state index in [1.54, 1.807) is 75.7 Å². The van der Waals surface area contributed by atoms with E-state index < -0.39 is 179 Å². The number of aliphatic imine (C=N–C) groups is 2. The number of carboxylic acid groups (broad SMARTS) is 1. The molecule has 5 rings (SSSR count). The lowest BCUT2D eigenvalue weighted by Crippen LogP contribution is -2.55. The third-order valence-electron chi connectivity index (χ3n) is 26.7. The number of carbonyl (C=O) groups is 15. The minimum Gasteiger partial charge on any atom is -0.508 e. The van der Waals surface area contributed by atoms with Crippen LogP contribution in [0.1, 0.15) is 249 Å². The van der Waals surface area contributed by atoms with E-state index in [0.717, 1.165) is 0 Å². The Morgan fingerprint density at radius 2 is 1.20 bits per heavy atom. The second-order valence-electron chi connectivity index (χ2n) is 39.8. The number of nitrogens with one attached hydrogen (secondary N) is 5. The number of methoxy groups -OCH3 is 2. The summed E-state index contributed by atoms with van der Waals surface area (Å²) in [5.74, 6) is -12.2. The largest absolute Gasteiger partial charge is 0.508 e. The summed E-state index contributed by atoms with van der Waals surface area (Å²) in [7, 11) is 8.99. The van der Waals surface area contributed by atoms with E-state index in [1.807, 2.05) is 73.6 Å². The van der Waals surface area contributed by atoms with Crippen molar-refractivity contribution in [2.45, 2.75) is 311 Å². The summed E-state index contributed by atoms with van der Waals surface area (Å²) in [5, 5.41) is 45.6. The fourth-order valence-corrected chi connectivity index (χ4v) is 20.9. The number of carboxylic acids is 1. The molecule has 2 aromatic carbocycles. The number of guanidine groups is 2. The number of unbranched alkanes of at least 4 members (excludes halogenated alkanes) is 1. The van der Waals surface area contributed by atoms with Crippen molar-refractivity contribution in [2.24, 2.45) is 91.6 Å². The van der Waals surface area contributed by atoms with Crippen LogP contribution >= 0.6 is 21.6 Å². The van der Waals surface area contributed by atoms with E-state index in [0.29, 0.717) is 74.1 Å². The fourth-order valence-electron chi connectivity index (χ4n) is 19.1. The molecule has 0 bridgehead atoms. The molecule has 0 aromatic heterocycles. The summed E-state index contributed by atoms with van der Waals surface area (Å²) in [4.78, 5) is 228. The molecular weight excluding hydrogens is 1830 g/mol. The lowest BCUT2D eigenvalue weighted by Gasteiger charge is -2.41. The molecule has 3 aliphatic rings. The number of nitrogens with two attached hydrogens (primary N) is 4. The van der Waals surface area contributed by atoms with Gasteiger partial charge in [-0.1, -0.05) is 154 Å². The van der Waals surface area contributed by atoms with Crippen LogP contribution in [-0.4, -0.2) is 292 Å². The van der Waals surface area contributed by atoms with Crippen LogP contribution in [0.4, 0.5) is 4.79 Å². The van der Waals surface area contributed by atoms with E-state index in [4.69, 9.17) is 37.1 Å². The van der Waals surface area contributed by atoms with Crippen molar-refractivity contribution in [1.82, 2.24) is 51.1 Å². The molecule has 780 valence electrons. The molecule has 16 N–H and O–H groups in total. The van der Waals surface area contributed by atoms with E-state index in [1.165, 1.54) is 76.6 Å². The van der Waals surface area contributed by atoms with Gasteiger partial charge in [-0.15, -0.1) is 0 Å². The Kier molecular flexibility index (Phi) is 51.3. The number of benzene rings is 2. The van der Waals surface area contributed by atoms with Crippen molar-refractivity contribution in [3.05, 3.63) is 65.7 Å². The quantitative estimate of drug-likeness (QED) is 0.0129. The summed E-state index contributed by atoms with van der Waals surface area (Å²) in [6.45, 7) is 26.1. The molecule has 3 aliphatic heterocycles. The monoisotopic (exact) mass is 1990 g/mol. The molecule has 2 aromatic rings. The number of likely N-dealkylation sites (N-methyl/N-ethyl adjacent to an activating group) is 2. The summed E-state index contributed by atoms with van der Waals surface area (Å²) in [6.07, 6.45) is 0.352. The van der Waals surface area contributed by atoms with Gasteiger partial charge in [-0.25, -0.2) is 4.79 Å². The Bertz CT molecular complexity index is 4400. The number of likely N-dealkylation sites (tertiary alicyclic amines) is 3. The van der Waals surface area contributed by atoms with Gasteiger partial charge in [0.1, 0.15) is 24.4 Å². The maximum Gasteiger partial charge on any atom is 0.410 e. The molecule has 0 unspecified atom stereocenters. The summed E-state index contributed by atoms with van der Waals surface area (Å²) < 4.78 is 17.8. The van der Waals surface area contributed by atoms with E-state index >= 15 is 4.79 Å². The SMILES string of the molecule is CC[C@H](C)[C@@H]([C@@H](CC(=O)N1CCC[C@H]1[C@H](OC)[C@@H](C)C(=O)N[C@H](C)[C@@H](O)c1ccccc1)OC)N(C)C(=O)[C@@H](CC(=O)[C@H](C(C)C)N(C)C(=O)OCCSSCCC(=O)NCCCC[C@H](NC(C)=O)C(=O)N1CCC[C@H]1C(=O)N[C@@H](CCCN=C(N)N)C(=O)C[C@@H](CCCN=C(N)N)C(=O)N1CCC[C@H]1C(=O)C[C@@H](Cc1ccc(O)cc1)C(=O)N[C@H](C(=O)C[C@@H](CC(C)C)C(=O)O)C(C)(C)C)C(C)C. The van der Waals surface area contributed by atoms with Crippen LogP contribution in [0.3, 0.4) is 0 Å². The first kappa shape index (κ1) is 119. The minimum absolute atomic E-state index is 0.00299. The lowest BCUT2D eigenvalue weighted by molar-refractivity contribution is -0.149. The van der Waals surface area contributed by atoms with Crippen LogP contribution in [0.2, 0.25) is 0 Å². The molecular formula is C100H162N16O21S2. The highest BCUT2D eigenvalue weighted by atomic mass is 33.1. The van der Waals surface area contributed by atoms with Crippen molar-refractivity contribution in [1.29, 1.82) is 0 Å². The predicted octanol–water partition coefficient (Wildman–Crippen LogP) is 7.94. The molecule has 0 saturated carbocycles. The topological polar surface area (TPSA) is 550 Å². The maximum atomic E-state index is 15.2. The second-order valence-corrected chi connectivity index (χ2v) is 42.5. The zero-order chi connectivity index (χ0) is 104.